The van der Waals surface area contributed by atoms with E-state index in [0.29, 0.717) is 43.0 Å². The van der Waals surface area contributed by atoms with E-state index in [1.165, 1.54) is 30.9 Å². The van der Waals surface area contributed by atoms with E-state index in [9.17, 15) is 24.5 Å². The van der Waals surface area contributed by atoms with Crippen LogP contribution in [0.1, 0.15) is 34.5 Å². The summed E-state index contributed by atoms with van der Waals surface area (Å²) in [4.78, 5) is 55.3. The van der Waals surface area contributed by atoms with E-state index in [1.54, 1.807) is 60.3 Å². The van der Waals surface area contributed by atoms with Gasteiger partial charge >= 0.3 is 11.9 Å². The fraction of sp³-hybridized carbons (Fsp3) is 0.121. The molecule has 1 atom stereocenters. The number of ether oxygens (including phenoxy) is 2. The van der Waals surface area contributed by atoms with Gasteiger partial charge in [0.05, 0.1) is 52.2 Å². The highest BCUT2D eigenvalue weighted by molar-refractivity contribution is 7.07. The van der Waals surface area contributed by atoms with Gasteiger partial charge in [-0.05, 0) is 42.8 Å². The molecule has 12 nitrogen and oxygen atoms in total. The minimum atomic E-state index is -0.888. The number of non-ortho nitro benzene ring substituents is 1. The van der Waals surface area contributed by atoms with Crippen LogP contribution in [0.3, 0.4) is 0 Å². The van der Waals surface area contributed by atoms with E-state index in [4.69, 9.17) is 14.6 Å². The van der Waals surface area contributed by atoms with Crippen LogP contribution >= 0.6 is 11.3 Å². The molecule has 0 saturated heterocycles. The molecule has 3 aromatic carbocycles. The lowest BCUT2D eigenvalue weighted by molar-refractivity contribution is -0.384. The molecule has 0 aliphatic carbocycles. The molecule has 2 aromatic heterocycles. The van der Waals surface area contributed by atoms with Crippen LogP contribution in [0.5, 0.6) is 0 Å². The molecule has 5 aromatic rings. The molecule has 0 fully saturated rings. The largest absolute Gasteiger partial charge is 0.466 e. The molecule has 0 bridgehead atoms. The summed E-state index contributed by atoms with van der Waals surface area (Å²) in [5.41, 5.74) is 3.14. The molecular formula is C33H25N5O7S. The number of carbonyl (C=O) groups is 2. The maximum Gasteiger partial charge on any atom is 0.338 e. The van der Waals surface area contributed by atoms with Crippen molar-refractivity contribution in [2.45, 2.75) is 13.0 Å². The summed E-state index contributed by atoms with van der Waals surface area (Å²) in [6, 6.07) is 21.0. The molecule has 0 N–H and O–H groups in total. The number of para-hydroxylation sites is 1. The van der Waals surface area contributed by atoms with Crippen LogP contribution < -0.4 is 14.9 Å². The van der Waals surface area contributed by atoms with Crippen LogP contribution in [0, 0.1) is 10.1 Å². The molecule has 1 aliphatic heterocycles. The number of fused-ring (bicyclic) bond motifs is 1. The van der Waals surface area contributed by atoms with Crippen molar-refractivity contribution in [1.82, 2.24) is 14.3 Å². The molecule has 0 saturated carbocycles. The second-order valence-corrected chi connectivity index (χ2v) is 11.2. The Morgan fingerprint density at radius 1 is 0.978 bits per heavy atom. The SMILES string of the molecule is COC(=O)C1=C(C)N=c2sc(=Cc3cn(-c4ccccc4)nc3-c3cccc([N+](=O)[O-])c3)c(=O)n2C1c1ccc(C(=O)OC)cc1. The molecule has 0 radical (unpaired) electrons. The van der Waals surface area contributed by atoms with Gasteiger partial charge in [-0.25, -0.2) is 19.3 Å². The van der Waals surface area contributed by atoms with Crippen molar-refractivity contribution in [3.63, 3.8) is 0 Å². The highest BCUT2D eigenvalue weighted by Gasteiger charge is 2.33. The van der Waals surface area contributed by atoms with Crippen LogP contribution in [0.25, 0.3) is 23.0 Å². The summed E-state index contributed by atoms with van der Waals surface area (Å²) < 4.78 is 13.2. The smallest absolute Gasteiger partial charge is 0.338 e. The summed E-state index contributed by atoms with van der Waals surface area (Å²) in [7, 11) is 2.54. The van der Waals surface area contributed by atoms with Crippen LogP contribution in [0.2, 0.25) is 0 Å². The van der Waals surface area contributed by atoms with Crippen molar-refractivity contribution in [3.05, 3.63) is 143 Å². The Labute approximate surface area is 264 Å². The number of rotatable bonds is 7. The van der Waals surface area contributed by atoms with Gasteiger partial charge in [0.2, 0.25) is 0 Å². The van der Waals surface area contributed by atoms with E-state index in [-0.39, 0.29) is 11.3 Å². The van der Waals surface area contributed by atoms with Gasteiger partial charge in [-0.1, -0.05) is 53.8 Å². The van der Waals surface area contributed by atoms with Gasteiger partial charge < -0.3 is 9.47 Å². The molecule has 3 heterocycles. The predicted molar refractivity (Wildman–Crippen MR) is 169 cm³/mol. The van der Waals surface area contributed by atoms with Crippen molar-refractivity contribution in [2.75, 3.05) is 14.2 Å². The van der Waals surface area contributed by atoms with Gasteiger partial charge in [0.1, 0.15) is 5.69 Å². The quantitative estimate of drug-likeness (QED) is 0.148. The van der Waals surface area contributed by atoms with Crippen LogP contribution in [0.4, 0.5) is 5.69 Å². The molecule has 13 heteroatoms. The third-order valence-corrected chi connectivity index (χ3v) is 8.44. The number of esters is 2. The van der Waals surface area contributed by atoms with Gasteiger partial charge in [0.15, 0.2) is 4.80 Å². The first-order valence-electron chi connectivity index (χ1n) is 13.9. The van der Waals surface area contributed by atoms with Crippen LogP contribution in [-0.2, 0) is 14.3 Å². The number of allylic oxidation sites excluding steroid dienone is 1. The lowest BCUT2D eigenvalue weighted by Gasteiger charge is -2.24. The first-order valence-corrected chi connectivity index (χ1v) is 14.7. The number of nitro groups is 1. The Bertz CT molecular complexity index is 2230. The van der Waals surface area contributed by atoms with Gasteiger partial charge in [-0.3, -0.25) is 19.5 Å². The van der Waals surface area contributed by atoms with Crippen molar-refractivity contribution >= 4 is 35.0 Å². The van der Waals surface area contributed by atoms with Gasteiger partial charge in [0, 0.05) is 29.5 Å². The summed E-state index contributed by atoms with van der Waals surface area (Å²) in [6.45, 7) is 1.67. The van der Waals surface area contributed by atoms with Gasteiger partial charge in [-0.2, -0.15) is 5.10 Å². The number of hydrogen-bond donors (Lipinski definition) is 0. The number of aromatic nitrogens is 3. The molecule has 46 heavy (non-hydrogen) atoms. The summed E-state index contributed by atoms with van der Waals surface area (Å²) >= 11 is 1.13. The third-order valence-electron chi connectivity index (χ3n) is 7.45. The maximum absolute atomic E-state index is 14.2. The minimum Gasteiger partial charge on any atom is -0.466 e. The Kier molecular flexibility index (Phi) is 7.99. The van der Waals surface area contributed by atoms with Crippen LogP contribution in [-0.4, -0.2) is 45.4 Å². The number of methoxy groups -OCH3 is 2. The zero-order valence-corrected chi connectivity index (χ0v) is 25.6. The summed E-state index contributed by atoms with van der Waals surface area (Å²) in [5.74, 6) is -1.17. The molecule has 6 rings (SSSR count). The van der Waals surface area contributed by atoms with Gasteiger partial charge in [0.25, 0.3) is 11.2 Å². The zero-order chi connectivity index (χ0) is 32.5. The highest BCUT2D eigenvalue weighted by Crippen LogP contribution is 2.31. The Balaban J connectivity index is 1.55. The number of carbonyl (C=O) groups excluding carboxylic acids is 2. The molecular weight excluding hydrogens is 610 g/mol. The predicted octanol–water partition coefficient (Wildman–Crippen LogP) is 3.96. The first kappa shape index (κ1) is 30.1. The average Bonchev–Trinajstić information content (AvgIpc) is 3.64. The molecule has 0 amide bonds. The third kappa shape index (κ3) is 5.43. The highest BCUT2D eigenvalue weighted by atomic mass is 32.1. The van der Waals surface area contributed by atoms with Crippen LogP contribution in [0.15, 0.2) is 106 Å². The second-order valence-electron chi connectivity index (χ2n) is 10.2. The van der Waals surface area contributed by atoms with E-state index in [1.807, 2.05) is 30.3 Å². The minimum absolute atomic E-state index is 0.0962. The number of hydrogen-bond acceptors (Lipinski definition) is 10. The topological polar surface area (TPSA) is 148 Å². The van der Waals surface area contributed by atoms with Crippen molar-refractivity contribution in [3.8, 4) is 16.9 Å². The zero-order valence-electron chi connectivity index (χ0n) is 24.7. The van der Waals surface area contributed by atoms with E-state index < -0.39 is 28.5 Å². The molecule has 1 unspecified atom stereocenters. The normalized spacial score (nSPS) is 14.4. The number of nitrogens with zero attached hydrogens (tertiary/aromatic N) is 5. The van der Waals surface area contributed by atoms with Crippen molar-refractivity contribution < 1.29 is 24.0 Å². The van der Waals surface area contributed by atoms with Crippen molar-refractivity contribution in [1.29, 1.82) is 0 Å². The lowest BCUT2D eigenvalue weighted by Crippen LogP contribution is -2.39. The number of benzene rings is 3. The number of thiazole rings is 1. The Morgan fingerprint density at radius 2 is 1.70 bits per heavy atom. The van der Waals surface area contributed by atoms with E-state index in [2.05, 4.69) is 4.99 Å². The van der Waals surface area contributed by atoms with E-state index >= 15 is 0 Å². The molecule has 0 spiro atoms. The average molecular weight is 636 g/mol. The van der Waals surface area contributed by atoms with Crippen molar-refractivity contribution in [2.24, 2.45) is 4.99 Å². The summed E-state index contributed by atoms with van der Waals surface area (Å²) in [6.07, 6.45) is 3.41. The number of nitro benzene ring substituents is 1. The Morgan fingerprint density at radius 3 is 2.37 bits per heavy atom. The van der Waals surface area contributed by atoms with Gasteiger partial charge in [-0.15, -0.1) is 0 Å². The van der Waals surface area contributed by atoms with E-state index in [0.717, 1.165) is 17.0 Å². The standard InChI is InChI=1S/C33H25N5O7S/c1-19-27(32(41)45-3)29(20-12-14-21(15-13-20)31(40)44-2)37-30(39)26(46-33(37)34-19)17-23-18-36(24-9-5-4-6-10-24)35-28(23)22-8-7-11-25(16-22)38(42)43/h4-18,29H,1-3H3. The molecule has 1 aliphatic rings. The first-order chi connectivity index (χ1) is 22.2. The fourth-order valence-corrected chi connectivity index (χ4v) is 6.30. The fourth-order valence-electron chi connectivity index (χ4n) is 5.27. The Hall–Kier alpha value is -5.95. The maximum atomic E-state index is 14.2. The second kappa shape index (κ2) is 12.2. The summed E-state index contributed by atoms with van der Waals surface area (Å²) in [5, 5.41) is 16.3. The monoisotopic (exact) mass is 635 g/mol. The molecule has 230 valence electrons. The lowest BCUT2D eigenvalue weighted by atomic mass is 9.95.